The minimum absolute atomic E-state index is 0.336. The molecule has 0 atom stereocenters. The highest BCUT2D eigenvalue weighted by atomic mass is 32.1. The van der Waals surface area contributed by atoms with Crippen molar-refractivity contribution in [2.45, 2.75) is 52.1 Å². The van der Waals surface area contributed by atoms with Crippen molar-refractivity contribution in [3.63, 3.8) is 0 Å². The van der Waals surface area contributed by atoms with Crippen molar-refractivity contribution in [1.82, 2.24) is 4.90 Å². The lowest BCUT2D eigenvalue weighted by Crippen LogP contribution is -2.31. The number of hydrogen-bond donors (Lipinski definition) is 1. The summed E-state index contributed by atoms with van der Waals surface area (Å²) in [5.74, 6) is 0. The lowest BCUT2D eigenvalue weighted by atomic mass is 10.2. The standard InChI is InChI=1S/C14H25NOS/c1-13(2)15(9-5-3-4-6-10-16)12-14-8-7-11-17-14/h7-8,11,13,16H,3-6,9-10,12H2,1-2H3. The molecule has 0 radical (unpaired) electrons. The van der Waals surface area contributed by atoms with Crippen LogP contribution < -0.4 is 0 Å². The van der Waals surface area contributed by atoms with Gasteiger partial charge in [-0.1, -0.05) is 18.9 Å². The zero-order chi connectivity index (χ0) is 12.5. The van der Waals surface area contributed by atoms with Crippen LogP contribution in [-0.4, -0.2) is 29.2 Å². The molecule has 0 aromatic carbocycles. The van der Waals surface area contributed by atoms with Gasteiger partial charge in [-0.05, 0) is 44.7 Å². The maximum atomic E-state index is 8.73. The molecule has 1 aromatic heterocycles. The van der Waals surface area contributed by atoms with Crippen molar-refractivity contribution in [3.8, 4) is 0 Å². The van der Waals surface area contributed by atoms with Crippen molar-refractivity contribution < 1.29 is 5.11 Å². The van der Waals surface area contributed by atoms with Crippen LogP contribution in [0.4, 0.5) is 0 Å². The Labute approximate surface area is 109 Å². The third-order valence-electron chi connectivity index (χ3n) is 3.02. The topological polar surface area (TPSA) is 23.5 Å². The third kappa shape index (κ3) is 6.20. The van der Waals surface area contributed by atoms with E-state index in [1.807, 2.05) is 11.3 Å². The molecule has 0 aliphatic rings. The van der Waals surface area contributed by atoms with Gasteiger partial charge in [-0.3, -0.25) is 4.90 Å². The van der Waals surface area contributed by atoms with Crippen LogP contribution >= 0.6 is 11.3 Å². The van der Waals surface area contributed by atoms with Crippen molar-refractivity contribution in [1.29, 1.82) is 0 Å². The molecule has 1 rings (SSSR count). The summed E-state index contributed by atoms with van der Waals surface area (Å²) in [7, 11) is 0. The highest BCUT2D eigenvalue weighted by molar-refractivity contribution is 7.09. The Bertz CT molecular complexity index is 272. The molecule has 0 unspecified atom stereocenters. The molecule has 3 heteroatoms. The van der Waals surface area contributed by atoms with Crippen molar-refractivity contribution in [2.24, 2.45) is 0 Å². The lowest BCUT2D eigenvalue weighted by molar-refractivity contribution is 0.208. The number of rotatable bonds is 9. The van der Waals surface area contributed by atoms with Gasteiger partial charge in [-0.2, -0.15) is 0 Å². The van der Waals surface area contributed by atoms with Gasteiger partial charge in [0.05, 0.1) is 0 Å². The molecule has 0 aliphatic heterocycles. The second-order valence-electron chi connectivity index (χ2n) is 4.78. The Morgan fingerprint density at radius 2 is 2.00 bits per heavy atom. The second-order valence-corrected chi connectivity index (χ2v) is 5.81. The highest BCUT2D eigenvalue weighted by Crippen LogP contribution is 2.14. The van der Waals surface area contributed by atoms with E-state index in [1.165, 1.54) is 24.3 Å². The molecule has 1 heterocycles. The molecule has 0 saturated carbocycles. The Hall–Kier alpha value is -0.380. The van der Waals surface area contributed by atoms with Crippen LogP contribution in [-0.2, 0) is 6.54 Å². The van der Waals surface area contributed by atoms with Gasteiger partial charge in [0.2, 0.25) is 0 Å². The van der Waals surface area contributed by atoms with E-state index in [4.69, 9.17) is 5.11 Å². The third-order valence-corrected chi connectivity index (χ3v) is 3.88. The molecule has 1 aromatic rings. The number of hydrogen-bond acceptors (Lipinski definition) is 3. The molecule has 1 N–H and O–H groups in total. The van der Waals surface area contributed by atoms with E-state index in [2.05, 4.69) is 36.3 Å². The number of aliphatic hydroxyl groups is 1. The smallest absolute Gasteiger partial charge is 0.0431 e. The molecule has 2 nitrogen and oxygen atoms in total. The highest BCUT2D eigenvalue weighted by Gasteiger charge is 2.09. The fourth-order valence-electron chi connectivity index (χ4n) is 1.90. The summed E-state index contributed by atoms with van der Waals surface area (Å²) in [6, 6.07) is 4.95. The minimum atomic E-state index is 0.336. The summed E-state index contributed by atoms with van der Waals surface area (Å²) in [4.78, 5) is 3.99. The van der Waals surface area contributed by atoms with E-state index in [0.717, 1.165) is 19.4 Å². The quantitative estimate of drug-likeness (QED) is 0.683. The number of aliphatic hydroxyl groups excluding tert-OH is 1. The van der Waals surface area contributed by atoms with Crippen LogP contribution in [0.1, 0.15) is 44.4 Å². The van der Waals surface area contributed by atoms with Gasteiger partial charge in [-0.15, -0.1) is 11.3 Å². The predicted molar refractivity (Wildman–Crippen MR) is 75.4 cm³/mol. The average Bonchev–Trinajstić information content (AvgIpc) is 2.79. The Morgan fingerprint density at radius 1 is 1.24 bits per heavy atom. The van der Waals surface area contributed by atoms with E-state index in [1.54, 1.807) is 0 Å². The Kier molecular flexibility index (Phi) is 7.49. The molecule has 0 fully saturated rings. The van der Waals surface area contributed by atoms with Gasteiger partial charge in [-0.25, -0.2) is 0 Å². The largest absolute Gasteiger partial charge is 0.396 e. The molecular weight excluding hydrogens is 230 g/mol. The molecule has 0 aliphatic carbocycles. The van der Waals surface area contributed by atoms with Crippen LogP contribution in [0.2, 0.25) is 0 Å². The normalized spacial score (nSPS) is 11.6. The van der Waals surface area contributed by atoms with E-state index in [-0.39, 0.29) is 0 Å². The Balaban J connectivity index is 2.24. The molecular formula is C14H25NOS. The van der Waals surface area contributed by atoms with Crippen LogP contribution in [0.25, 0.3) is 0 Å². The van der Waals surface area contributed by atoms with Gasteiger partial charge in [0, 0.05) is 24.1 Å². The van der Waals surface area contributed by atoms with E-state index < -0.39 is 0 Å². The zero-order valence-corrected chi connectivity index (χ0v) is 11.9. The number of nitrogens with zero attached hydrogens (tertiary/aromatic N) is 1. The van der Waals surface area contributed by atoms with Gasteiger partial charge >= 0.3 is 0 Å². The van der Waals surface area contributed by atoms with Gasteiger partial charge in [0.1, 0.15) is 0 Å². The van der Waals surface area contributed by atoms with E-state index >= 15 is 0 Å². The van der Waals surface area contributed by atoms with E-state index in [0.29, 0.717) is 12.6 Å². The molecule has 0 amide bonds. The maximum Gasteiger partial charge on any atom is 0.0431 e. The molecule has 0 spiro atoms. The van der Waals surface area contributed by atoms with Crippen LogP contribution in [0.5, 0.6) is 0 Å². The first-order valence-electron chi connectivity index (χ1n) is 6.61. The van der Waals surface area contributed by atoms with Gasteiger partial charge in [0.25, 0.3) is 0 Å². The summed E-state index contributed by atoms with van der Waals surface area (Å²) in [6.45, 7) is 7.11. The summed E-state index contributed by atoms with van der Waals surface area (Å²) < 4.78 is 0. The summed E-state index contributed by atoms with van der Waals surface area (Å²) in [6.07, 6.45) is 4.58. The lowest BCUT2D eigenvalue weighted by Gasteiger charge is -2.25. The molecule has 98 valence electrons. The fraction of sp³-hybridized carbons (Fsp3) is 0.714. The minimum Gasteiger partial charge on any atom is -0.396 e. The van der Waals surface area contributed by atoms with E-state index in [9.17, 15) is 0 Å². The van der Waals surface area contributed by atoms with Crippen molar-refractivity contribution >= 4 is 11.3 Å². The van der Waals surface area contributed by atoms with Gasteiger partial charge < -0.3 is 5.11 Å². The first-order valence-corrected chi connectivity index (χ1v) is 7.49. The van der Waals surface area contributed by atoms with Crippen molar-refractivity contribution in [3.05, 3.63) is 22.4 Å². The Morgan fingerprint density at radius 3 is 2.59 bits per heavy atom. The average molecular weight is 255 g/mol. The van der Waals surface area contributed by atoms with Crippen molar-refractivity contribution in [2.75, 3.05) is 13.2 Å². The summed E-state index contributed by atoms with van der Waals surface area (Å²) in [5.41, 5.74) is 0. The van der Waals surface area contributed by atoms with Crippen LogP contribution in [0.15, 0.2) is 17.5 Å². The number of thiophene rings is 1. The predicted octanol–water partition coefficient (Wildman–Crippen LogP) is 3.51. The monoisotopic (exact) mass is 255 g/mol. The molecule has 0 saturated heterocycles. The van der Waals surface area contributed by atoms with Crippen LogP contribution in [0, 0.1) is 0 Å². The maximum absolute atomic E-state index is 8.73. The summed E-state index contributed by atoms with van der Waals surface area (Å²) in [5, 5.41) is 10.9. The van der Waals surface area contributed by atoms with Crippen LogP contribution in [0.3, 0.4) is 0 Å². The SMILES string of the molecule is CC(C)N(CCCCCCO)Cc1cccs1. The summed E-state index contributed by atoms with van der Waals surface area (Å²) >= 11 is 1.84. The fourth-order valence-corrected chi connectivity index (χ4v) is 2.63. The van der Waals surface area contributed by atoms with Gasteiger partial charge in [0.15, 0.2) is 0 Å². The molecule has 17 heavy (non-hydrogen) atoms. The first-order chi connectivity index (χ1) is 8.24. The zero-order valence-electron chi connectivity index (χ0n) is 11.1. The first kappa shape index (κ1) is 14.7. The number of unbranched alkanes of at least 4 members (excludes halogenated alkanes) is 3. The molecule has 0 bridgehead atoms. The second kappa shape index (κ2) is 8.67.